The quantitative estimate of drug-likeness (QED) is 0.660. The zero-order valence-corrected chi connectivity index (χ0v) is 10.4. The molecule has 0 N–H and O–H groups in total. The zero-order valence-electron chi connectivity index (χ0n) is 8.75. The fraction of sp³-hybridized carbons (Fsp3) is 0.0833. The predicted molar refractivity (Wildman–Crippen MR) is 71.3 cm³/mol. The summed E-state index contributed by atoms with van der Waals surface area (Å²) in [5.74, 6) is 0.430. The van der Waals surface area contributed by atoms with E-state index in [0.29, 0.717) is 5.75 Å². The Bertz CT molecular complexity index is 675. The van der Waals surface area contributed by atoms with Crippen LogP contribution in [0.3, 0.4) is 0 Å². The number of para-hydroxylation sites is 1. The standard InChI is InChI=1S/C12H7N3S2/c13-5-6-16-12-15-11-10(17-12)7-8-3-1-2-4-9(8)14-11/h1-4,7H,6H2. The fourth-order valence-electron chi connectivity index (χ4n) is 1.60. The van der Waals surface area contributed by atoms with E-state index in [4.69, 9.17) is 5.26 Å². The summed E-state index contributed by atoms with van der Waals surface area (Å²) in [6.07, 6.45) is 0. The fourth-order valence-corrected chi connectivity index (χ4v) is 3.31. The van der Waals surface area contributed by atoms with Crippen molar-refractivity contribution in [2.24, 2.45) is 0 Å². The number of pyridine rings is 1. The maximum Gasteiger partial charge on any atom is 0.172 e. The molecule has 0 spiro atoms. The summed E-state index contributed by atoms with van der Waals surface area (Å²) in [5, 5.41) is 9.67. The third-order valence-electron chi connectivity index (χ3n) is 2.32. The number of thioether (sulfide) groups is 1. The molecular formula is C12H7N3S2. The molecule has 0 aliphatic heterocycles. The van der Waals surface area contributed by atoms with Gasteiger partial charge in [0.05, 0.1) is 22.0 Å². The summed E-state index contributed by atoms with van der Waals surface area (Å²) in [7, 11) is 0. The molecule has 0 saturated carbocycles. The predicted octanol–water partition coefficient (Wildman–Crippen LogP) is 3.46. The molecule has 3 aromatic rings. The molecule has 0 radical (unpaired) electrons. The number of nitriles is 1. The van der Waals surface area contributed by atoms with Crippen molar-refractivity contribution in [1.29, 1.82) is 5.26 Å². The number of nitrogens with zero attached hydrogens (tertiary/aromatic N) is 3. The molecule has 1 aromatic carbocycles. The van der Waals surface area contributed by atoms with Gasteiger partial charge in [0.2, 0.25) is 0 Å². The van der Waals surface area contributed by atoms with Crippen molar-refractivity contribution >= 4 is 44.3 Å². The molecule has 0 aliphatic carbocycles. The Morgan fingerprint density at radius 2 is 2.18 bits per heavy atom. The maximum absolute atomic E-state index is 8.55. The van der Waals surface area contributed by atoms with E-state index in [0.717, 1.165) is 25.6 Å². The minimum absolute atomic E-state index is 0.430. The molecule has 3 rings (SSSR count). The number of thiazole rings is 1. The summed E-state index contributed by atoms with van der Waals surface area (Å²) in [4.78, 5) is 8.93. The van der Waals surface area contributed by atoms with Crippen molar-refractivity contribution < 1.29 is 0 Å². The highest BCUT2D eigenvalue weighted by Gasteiger charge is 2.06. The number of hydrogen-bond donors (Lipinski definition) is 0. The molecular weight excluding hydrogens is 250 g/mol. The van der Waals surface area contributed by atoms with E-state index in [1.807, 2.05) is 24.3 Å². The normalized spacial score (nSPS) is 10.8. The molecule has 82 valence electrons. The molecule has 0 amide bonds. The molecule has 0 bridgehead atoms. The van der Waals surface area contributed by atoms with Gasteiger partial charge in [0, 0.05) is 5.39 Å². The molecule has 2 aromatic heterocycles. The van der Waals surface area contributed by atoms with Gasteiger partial charge in [-0.2, -0.15) is 5.26 Å². The molecule has 3 nitrogen and oxygen atoms in total. The van der Waals surface area contributed by atoms with Gasteiger partial charge in [-0.3, -0.25) is 0 Å². The highest BCUT2D eigenvalue weighted by Crippen LogP contribution is 2.30. The first-order valence-electron chi connectivity index (χ1n) is 5.03. The Balaban J connectivity index is 2.15. The first-order chi connectivity index (χ1) is 8.36. The number of aromatic nitrogens is 2. The lowest BCUT2D eigenvalue weighted by Gasteiger charge is -1.94. The van der Waals surface area contributed by atoms with Crippen molar-refractivity contribution in [2.75, 3.05) is 5.75 Å². The van der Waals surface area contributed by atoms with E-state index in [-0.39, 0.29) is 0 Å². The monoisotopic (exact) mass is 257 g/mol. The summed E-state index contributed by atoms with van der Waals surface area (Å²) in [5.41, 5.74) is 1.73. The van der Waals surface area contributed by atoms with Crippen LogP contribution in [0.25, 0.3) is 21.3 Å². The highest BCUT2D eigenvalue weighted by atomic mass is 32.2. The summed E-state index contributed by atoms with van der Waals surface area (Å²) >= 11 is 3.05. The average Bonchev–Trinajstić information content (AvgIpc) is 2.75. The van der Waals surface area contributed by atoms with Crippen LogP contribution in [-0.2, 0) is 0 Å². The number of rotatable bonds is 2. The van der Waals surface area contributed by atoms with Crippen LogP contribution in [0, 0.1) is 11.3 Å². The number of hydrogen-bond acceptors (Lipinski definition) is 5. The Labute approximate surface area is 106 Å². The van der Waals surface area contributed by atoms with E-state index in [1.54, 1.807) is 11.3 Å². The van der Waals surface area contributed by atoms with Gasteiger partial charge in [-0.15, -0.1) is 11.3 Å². The zero-order chi connectivity index (χ0) is 11.7. The summed E-state index contributed by atoms with van der Waals surface area (Å²) in [6.45, 7) is 0. The van der Waals surface area contributed by atoms with Crippen LogP contribution in [0.2, 0.25) is 0 Å². The Morgan fingerprint density at radius 3 is 3.06 bits per heavy atom. The lowest BCUT2D eigenvalue weighted by atomic mass is 10.2. The van der Waals surface area contributed by atoms with Gasteiger partial charge in [-0.1, -0.05) is 30.0 Å². The molecule has 0 atom stereocenters. The Hall–Kier alpha value is -1.64. The minimum Gasteiger partial charge on any atom is -0.227 e. The van der Waals surface area contributed by atoms with Crippen LogP contribution < -0.4 is 0 Å². The van der Waals surface area contributed by atoms with E-state index < -0.39 is 0 Å². The topological polar surface area (TPSA) is 49.6 Å². The SMILES string of the molecule is N#CCSc1nc2nc3ccccc3cc2s1. The number of fused-ring (bicyclic) bond motifs is 2. The Kier molecular flexibility index (Phi) is 2.67. The minimum atomic E-state index is 0.430. The molecule has 0 saturated heterocycles. The number of benzene rings is 1. The van der Waals surface area contributed by atoms with Crippen molar-refractivity contribution in [3.63, 3.8) is 0 Å². The smallest absolute Gasteiger partial charge is 0.172 e. The van der Waals surface area contributed by atoms with Gasteiger partial charge in [0.15, 0.2) is 9.99 Å². The second-order valence-corrected chi connectivity index (χ2v) is 5.68. The first-order valence-corrected chi connectivity index (χ1v) is 6.83. The van der Waals surface area contributed by atoms with E-state index in [2.05, 4.69) is 22.1 Å². The van der Waals surface area contributed by atoms with E-state index in [1.165, 1.54) is 11.8 Å². The second kappa shape index (κ2) is 4.32. The molecule has 0 unspecified atom stereocenters. The van der Waals surface area contributed by atoms with Crippen molar-refractivity contribution in [3.8, 4) is 6.07 Å². The van der Waals surface area contributed by atoms with Crippen LogP contribution >= 0.6 is 23.1 Å². The lowest BCUT2D eigenvalue weighted by Crippen LogP contribution is -1.79. The molecule has 0 fully saturated rings. The van der Waals surface area contributed by atoms with Gasteiger partial charge in [-0.25, -0.2) is 9.97 Å². The van der Waals surface area contributed by atoms with Crippen LogP contribution in [-0.4, -0.2) is 15.7 Å². The van der Waals surface area contributed by atoms with Crippen molar-refractivity contribution in [3.05, 3.63) is 30.3 Å². The summed E-state index contributed by atoms with van der Waals surface area (Å²) in [6, 6.07) is 12.2. The van der Waals surface area contributed by atoms with Gasteiger partial charge in [-0.05, 0) is 12.1 Å². The van der Waals surface area contributed by atoms with E-state index >= 15 is 0 Å². The van der Waals surface area contributed by atoms with Crippen molar-refractivity contribution in [2.45, 2.75) is 4.34 Å². The maximum atomic E-state index is 8.55. The lowest BCUT2D eigenvalue weighted by molar-refractivity contribution is 1.26. The van der Waals surface area contributed by atoms with Crippen LogP contribution in [0.15, 0.2) is 34.7 Å². The van der Waals surface area contributed by atoms with Crippen LogP contribution in [0.5, 0.6) is 0 Å². The van der Waals surface area contributed by atoms with Gasteiger partial charge < -0.3 is 0 Å². The van der Waals surface area contributed by atoms with Gasteiger partial charge in [0.1, 0.15) is 0 Å². The largest absolute Gasteiger partial charge is 0.227 e. The molecule has 5 heteroatoms. The van der Waals surface area contributed by atoms with Crippen LogP contribution in [0.4, 0.5) is 0 Å². The summed E-state index contributed by atoms with van der Waals surface area (Å²) < 4.78 is 1.98. The second-order valence-electron chi connectivity index (χ2n) is 3.43. The molecule has 17 heavy (non-hydrogen) atoms. The van der Waals surface area contributed by atoms with Gasteiger partial charge >= 0.3 is 0 Å². The highest BCUT2D eigenvalue weighted by molar-refractivity contribution is 8.01. The van der Waals surface area contributed by atoms with E-state index in [9.17, 15) is 0 Å². The molecule has 2 heterocycles. The van der Waals surface area contributed by atoms with Gasteiger partial charge in [0.25, 0.3) is 0 Å². The first kappa shape index (κ1) is 10.5. The molecule has 0 aliphatic rings. The average molecular weight is 257 g/mol. The third-order valence-corrected chi connectivity index (χ3v) is 4.33. The van der Waals surface area contributed by atoms with Crippen LogP contribution in [0.1, 0.15) is 0 Å². The third kappa shape index (κ3) is 1.97. The Morgan fingerprint density at radius 1 is 1.29 bits per heavy atom. The van der Waals surface area contributed by atoms with Crippen molar-refractivity contribution in [1.82, 2.24) is 9.97 Å².